The van der Waals surface area contributed by atoms with E-state index < -0.39 is 21.7 Å². The van der Waals surface area contributed by atoms with Gasteiger partial charge >= 0.3 is 0 Å². The molecule has 4 aliphatic carbocycles. The summed E-state index contributed by atoms with van der Waals surface area (Å²) < 4.78 is 4.05. The fourth-order valence-electron chi connectivity index (χ4n) is 13.5. The Morgan fingerprint density at radius 3 is 1.83 bits per heavy atom. The molecule has 0 bridgehead atoms. The van der Waals surface area contributed by atoms with Crippen LogP contribution in [0.1, 0.15) is 74.2 Å². The molecule has 0 aliphatic heterocycles. The number of hydrogen-bond donors (Lipinski definition) is 0. The molecule has 0 fully saturated rings. The Kier molecular flexibility index (Phi) is 10.3. The highest BCUT2D eigenvalue weighted by Crippen LogP contribution is 2.59. The van der Waals surface area contributed by atoms with Gasteiger partial charge in [0.25, 0.3) is 0 Å². The van der Waals surface area contributed by atoms with Crippen LogP contribution in [0.25, 0.3) is 39.3 Å². The number of benzene rings is 5. The molecule has 8 nitrogen and oxygen atoms in total. The summed E-state index contributed by atoms with van der Waals surface area (Å²) in [4.78, 5) is 28.9. The van der Waals surface area contributed by atoms with Crippen molar-refractivity contribution in [2.45, 2.75) is 77.0 Å². The van der Waals surface area contributed by atoms with Crippen molar-refractivity contribution in [3.63, 3.8) is 0 Å². The monoisotopic (exact) mass is 902 g/mol. The summed E-state index contributed by atoms with van der Waals surface area (Å²) in [5.41, 5.74) is 10.9. The molecule has 2 heterocycles. The summed E-state index contributed by atoms with van der Waals surface area (Å²) in [5, 5.41) is 31.6. The van der Waals surface area contributed by atoms with E-state index in [4.69, 9.17) is 10.2 Å². The van der Waals surface area contributed by atoms with Crippen molar-refractivity contribution in [2.24, 2.45) is 29.7 Å². The standard InChI is InChI=1S/C61H54N6O2/c1-58(2)50-30-28-48-52(42-18-11-7-12-19-42)64-67(55(48)60(50,4)36-45(37-62)56(58)68)47-23-15-22-44(32-47)41-26-24-40(25-27-41)34-61(33-39-16-9-6-10-17-39)51-31-29-49-53(43-20-13-8-14-21-43)66(5)65-54(49)59(51,3)35-46(38-63)57(61)69/h6-27,32,35-36,50-51H,28-31,33-34H2,1-5H3/t50-,51+,59-,60-,61?/m0/s1. The molecule has 5 aromatic carbocycles. The predicted octanol–water partition coefficient (Wildman–Crippen LogP) is 11.8. The zero-order valence-electron chi connectivity index (χ0n) is 39.8. The van der Waals surface area contributed by atoms with Gasteiger partial charge in [-0.2, -0.15) is 20.7 Å². The van der Waals surface area contributed by atoms with Gasteiger partial charge in [-0.3, -0.25) is 14.3 Å². The van der Waals surface area contributed by atoms with E-state index in [1.165, 1.54) is 5.56 Å². The minimum Gasteiger partial charge on any atom is -0.293 e. The van der Waals surface area contributed by atoms with Crippen molar-refractivity contribution >= 4 is 11.6 Å². The second-order valence-corrected chi connectivity index (χ2v) is 20.8. The summed E-state index contributed by atoms with van der Waals surface area (Å²) in [5.74, 6) is -0.330. The minimum absolute atomic E-state index is 0.0258. The van der Waals surface area contributed by atoms with E-state index in [9.17, 15) is 15.3 Å². The Morgan fingerprint density at radius 1 is 0.594 bits per heavy atom. The molecule has 0 spiro atoms. The van der Waals surface area contributed by atoms with Crippen LogP contribution in [0.15, 0.2) is 163 Å². The molecule has 7 aromatic rings. The third kappa shape index (κ3) is 6.75. The molecule has 5 atom stereocenters. The molecule has 0 radical (unpaired) electrons. The van der Waals surface area contributed by atoms with Gasteiger partial charge < -0.3 is 0 Å². The molecule has 4 aliphatic rings. The molecule has 1 unspecified atom stereocenters. The molecule has 0 saturated heterocycles. The maximum absolute atomic E-state index is 15.2. The molecule has 0 saturated carbocycles. The van der Waals surface area contributed by atoms with Crippen LogP contribution < -0.4 is 0 Å². The fraction of sp³-hybridized carbons (Fsp3) is 0.279. The van der Waals surface area contributed by atoms with E-state index in [-0.39, 0.29) is 34.5 Å². The highest BCUT2D eigenvalue weighted by Gasteiger charge is 2.60. The highest BCUT2D eigenvalue weighted by atomic mass is 16.1. The first-order valence-electron chi connectivity index (χ1n) is 24.2. The molecule has 11 rings (SSSR count). The van der Waals surface area contributed by atoms with Crippen LogP contribution in [0.3, 0.4) is 0 Å². The van der Waals surface area contributed by atoms with E-state index in [0.717, 1.165) is 93.1 Å². The van der Waals surface area contributed by atoms with Gasteiger partial charge in [-0.15, -0.1) is 0 Å². The summed E-state index contributed by atoms with van der Waals surface area (Å²) >= 11 is 0. The number of nitrogens with zero attached hydrogens (tertiary/aromatic N) is 6. The fourth-order valence-corrected chi connectivity index (χ4v) is 13.5. The Bertz CT molecular complexity index is 3360. The van der Waals surface area contributed by atoms with Gasteiger partial charge in [0.1, 0.15) is 12.1 Å². The number of hydrogen-bond acceptors (Lipinski definition) is 6. The number of Topliss-reactive ketones (excluding diaryl/α,β-unsaturated/α-hetero) is 2. The van der Waals surface area contributed by atoms with Crippen LogP contribution in [-0.4, -0.2) is 31.1 Å². The summed E-state index contributed by atoms with van der Waals surface area (Å²) in [6, 6.07) is 52.5. The lowest BCUT2D eigenvalue weighted by molar-refractivity contribution is -0.131. The van der Waals surface area contributed by atoms with Gasteiger partial charge in [-0.1, -0.05) is 167 Å². The van der Waals surface area contributed by atoms with Crippen LogP contribution in [0.2, 0.25) is 0 Å². The lowest BCUT2D eigenvalue weighted by atomic mass is 9.48. The van der Waals surface area contributed by atoms with Gasteiger partial charge in [0.15, 0.2) is 11.6 Å². The summed E-state index contributed by atoms with van der Waals surface area (Å²) in [6.07, 6.45) is 7.95. The van der Waals surface area contributed by atoms with E-state index in [1.54, 1.807) is 0 Å². The average Bonchev–Trinajstić information content (AvgIpc) is 3.94. The highest BCUT2D eigenvalue weighted by molar-refractivity contribution is 6.06. The van der Waals surface area contributed by atoms with Gasteiger partial charge in [0.05, 0.1) is 39.6 Å². The van der Waals surface area contributed by atoms with Crippen LogP contribution in [0.5, 0.6) is 0 Å². The first kappa shape index (κ1) is 43.9. The lowest BCUT2D eigenvalue weighted by Crippen LogP contribution is -2.56. The zero-order valence-corrected chi connectivity index (χ0v) is 39.8. The summed E-state index contributed by atoms with van der Waals surface area (Å²) in [7, 11) is 2.00. The van der Waals surface area contributed by atoms with E-state index in [1.807, 2.05) is 80.2 Å². The smallest absolute Gasteiger partial charge is 0.180 e. The van der Waals surface area contributed by atoms with E-state index >= 15 is 4.79 Å². The van der Waals surface area contributed by atoms with Crippen LogP contribution in [-0.2, 0) is 53.2 Å². The SMILES string of the molecule is Cn1nc2c(c1-c1ccccc1)CC[C@H]1C(Cc3ccccc3)(Cc3ccc(-c4cccc(-n5nc(-c6ccccc6)c6c5[C@@]5(C)C=C(C#N)C(=O)C(C)(C)[C@@H]5CC6)c4)cc3)C(=O)C(C#N)=C[C@]21C. The second kappa shape index (κ2) is 16.2. The Hall–Kier alpha value is -7.68. The number of allylic oxidation sites excluding steroid dienone is 4. The minimum atomic E-state index is -0.915. The Balaban J connectivity index is 0.989. The number of fused-ring (bicyclic) bond motifs is 6. The third-order valence-corrected chi connectivity index (χ3v) is 16.5. The molecule has 69 heavy (non-hydrogen) atoms. The van der Waals surface area contributed by atoms with Crippen molar-refractivity contribution in [3.8, 4) is 51.5 Å². The van der Waals surface area contributed by atoms with Crippen molar-refractivity contribution in [1.82, 2.24) is 19.6 Å². The molecular formula is C61H54N6O2. The lowest BCUT2D eigenvalue weighted by Gasteiger charge is -2.52. The first-order chi connectivity index (χ1) is 33.3. The topological polar surface area (TPSA) is 117 Å². The number of ketones is 2. The van der Waals surface area contributed by atoms with Crippen LogP contribution >= 0.6 is 0 Å². The second-order valence-electron chi connectivity index (χ2n) is 20.8. The largest absolute Gasteiger partial charge is 0.293 e. The number of nitriles is 2. The quantitative estimate of drug-likeness (QED) is 0.150. The number of aromatic nitrogens is 4. The van der Waals surface area contributed by atoms with Gasteiger partial charge in [-0.05, 0) is 84.7 Å². The third-order valence-electron chi connectivity index (χ3n) is 16.5. The molecule has 340 valence electrons. The van der Waals surface area contributed by atoms with Gasteiger partial charge in [0.2, 0.25) is 0 Å². The predicted molar refractivity (Wildman–Crippen MR) is 269 cm³/mol. The Morgan fingerprint density at radius 2 is 1.16 bits per heavy atom. The van der Waals surface area contributed by atoms with Gasteiger partial charge in [0, 0.05) is 51.0 Å². The van der Waals surface area contributed by atoms with E-state index in [0.29, 0.717) is 12.8 Å². The first-order valence-corrected chi connectivity index (χ1v) is 24.2. The van der Waals surface area contributed by atoms with Crippen molar-refractivity contribution < 1.29 is 9.59 Å². The van der Waals surface area contributed by atoms with E-state index in [2.05, 4.69) is 128 Å². The van der Waals surface area contributed by atoms with Gasteiger partial charge in [-0.25, -0.2) is 4.68 Å². The zero-order chi connectivity index (χ0) is 47.9. The number of aryl methyl sites for hydroxylation is 1. The Labute approximate surface area is 404 Å². The number of rotatable bonds is 8. The molecule has 8 heteroatoms. The molecule has 0 N–H and O–H groups in total. The van der Waals surface area contributed by atoms with Crippen LogP contribution in [0.4, 0.5) is 0 Å². The normalized spacial score (nSPS) is 24.4. The molecule has 0 amide bonds. The maximum atomic E-state index is 15.2. The van der Waals surface area contributed by atoms with Crippen LogP contribution in [0, 0.1) is 45.3 Å². The average molecular weight is 903 g/mol. The molecule has 2 aromatic heterocycles. The van der Waals surface area contributed by atoms with Crippen molar-refractivity contribution in [1.29, 1.82) is 10.5 Å². The summed E-state index contributed by atoms with van der Waals surface area (Å²) in [6.45, 7) is 8.37. The number of carbonyl (C=O) groups excluding carboxylic acids is 2. The maximum Gasteiger partial charge on any atom is 0.180 e. The van der Waals surface area contributed by atoms with Crippen molar-refractivity contribution in [3.05, 3.63) is 196 Å². The molecular weight excluding hydrogens is 849 g/mol. The van der Waals surface area contributed by atoms with Crippen molar-refractivity contribution in [2.75, 3.05) is 0 Å². The number of carbonyl (C=O) groups is 2.